The molecule has 8 heteroatoms. The molecule has 0 bridgehead atoms. The first-order chi connectivity index (χ1) is 15.6. The van der Waals surface area contributed by atoms with Crippen LogP contribution in [0.3, 0.4) is 0 Å². The highest BCUT2D eigenvalue weighted by atomic mass is 16.2. The van der Waals surface area contributed by atoms with Crippen LogP contribution in [-0.2, 0) is 9.59 Å². The highest BCUT2D eigenvalue weighted by Gasteiger charge is 2.38. The molecule has 2 heterocycles. The number of carbonyl (C=O) groups excluding carboxylic acids is 2. The molecule has 1 aromatic heterocycles. The summed E-state index contributed by atoms with van der Waals surface area (Å²) in [5.41, 5.74) is 2.86. The number of hydrogen-bond donors (Lipinski definition) is 3. The largest absolute Gasteiger partial charge is 0.345 e. The van der Waals surface area contributed by atoms with Crippen molar-refractivity contribution in [2.45, 2.75) is 57.7 Å². The Morgan fingerprint density at radius 1 is 0.939 bits per heavy atom. The zero-order chi connectivity index (χ0) is 23.6. The molecule has 1 saturated heterocycles. The van der Waals surface area contributed by atoms with Gasteiger partial charge < -0.3 is 16.0 Å². The van der Waals surface area contributed by atoms with E-state index in [1.807, 2.05) is 48.7 Å². The molecule has 0 radical (unpaired) electrons. The van der Waals surface area contributed by atoms with E-state index in [4.69, 9.17) is 0 Å². The minimum atomic E-state index is -0.677. The standard InChI is InChI=1S/C25H30N6O2/c1-24(2)14-19(15-25(3,4)29-24)27-23(33)22(32)26-18-10-12-20(13-11-18)31-16-21(28-30-31)17-8-6-5-7-9-17/h5-13,16,19,29H,14-15H2,1-4H3,(H,26,32)(H,27,33). The molecule has 0 saturated carbocycles. The Morgan fingerprint density at radius 2 is 1.58 bits per heavy atom. The van der Waals surface area contributed by atoms with Crippen molar-refractivity contribution in [2.24, 2.45) is 0 Å². The summed E-state index contributed by atoms with van der Waals surface area (Å²) in [6.45, 7) is 8.42. The van der Waals surface area contributed by atoms with Crippen LogP contribution in [0.5, 0.6) is 0 Å². The number of amides is 2. The van der Waals surface area contributed by atoms with E-state index in [0.717, 1.165) is 29.8 Å². The van der Waals surface area contributed by atoms with E-state index in [1.54, 1.807) is 16.8 Å². The maximum absolute atomic E-state index is 12.5. The molecule has 0 aliphatic carbocycles. The SMILES string of the molecule is CC1(C)CC(NC(=O)C(=O)Nc2ccc(-n3cc(-c4ccccc4)nn3)cc2)CC(C)(C)N1. The van der Waals surface area contributed by atoms with Crippen molar-refractivity contribution in [1.82, 2.24) is 25.6 Å². The molecule has 0 atom stereocenters. The predicted molar refractivity (Wildman–Crippen MR) is 128 cm³/mol. The van der Waals surface area contributed by atoms with Crippen molar-refractivity contribution >= 4 is 17.5 Å². The van der Waals surface area contributed by atoms with Crippen molar-refractivity contribution in [1.29, 1.82) is 0 Å². The van der Waals surface area contributed by atoms with Gasteiger partial charge in [0.15, 0.2) is 0 Å². The lowest BCUT2D eigenvalue weighted by Crippen LogP contribution is -2.62. The molecule has 4 rings (SSSR count). The van der Waals surface area contributed by atoms with Crippen molar-refractivity contribution < 1.29 is 9.59 Å². The lowest BCUT2D eigenvalue weighted by molar-refractivity contribution is -0.137. The topological polar surface area (TPSA) is 101 Å². The Hall–Kier alpha value is -3.52. The first-order valence-electron chi connectivity index (χ1n) is 11.1. The monoisotopic (exact) mass is 446 g/mol. The van der Waals surface area contributed by atoms with Gasteiger partial charge >= 0.3 is 11.8 Å². The molecule has 33 heavy (non-hydrogen) atoms. The molecule has 2 aromatic carbocycles. The third kappa shape index (κ3) is 5.64. The van der Waals surface area contributed by atoms with Gasteiger partial charge in [0.05, 0.1) is 11.9 Å². The Bertz CT molecular complexity index is 1120. The van der Waals surface area contributed by atoms with Gasteiger partial charge in [0.1, 0.15) is 5.69 Å². The van der Waals surface area contributed by atoms with Gasteiger partial charge in [-0.05, 0) is 64.8 Å². The normalized spacial score (nSPS) is 17.3. The average Bonchev–Trinajstić information content (AvgIpc) is 3.23. The van der Waals surface area contributed by atoms with Crippen LogP contribution >= 0.6 is 0 Å². The van der Waals surface area contributed by atoms with Crippen LogP contribution in [0.2, 0.25) is 0 Å². The van der Waals surface area contributed by atoms with Gasteiger partial charge in [-0.1, -0.05) is 35.5 Å². The fourth-order valence-corrected chi connectivity index (χ4v) is 4.69. The molecular formula is C25H30N6O2. The van der Waals surface area contributed by atoms with Crippen molar-refractivity contribution in [3.05, 3.63) is 60.8 Å². The summed E-state index contributed by atoms with van der Waals surface area (Å²) < 4.78 is 1.67. The number of piperidine rings is 1. The Labute approximate surface area is 193 Å². The van der Waals surface area contributed by atoms with Crippen molar-refractivity contribution in [3.8, 4) is 16.9 Å². The summed E-state index contributed by atoms with van der Waals surface area (Å²) in [6.07, 6.45) is 3.36. The molecule has 1 fully saturated rings. The van der Waals surface area contributed by atoms with Crippen LogP contribution in [-0.4, -0.2) is 43.9 Å². The van der Waals surface area contributed by atoms with E-state index in [1.165, 1.54) is 0 Å². The number of benzene rings is 2. The Kier molecular flexibility index (Phi) is 6.03. The second-order valence-electron chi connectivity index (χ2n) is 9.89. The lowest BCUT2D eigenvalue weighted by Gasteiger charge is -2.46. The molecule has 3 N–H and O–H groups in total. The van der Waals surface area contributed by atoms with Gasteiger partial charge in [0.25, 0.3) is 0 Å². The maximum Gasteiger partial charge on any atom is 0.313 e. The number of anilines is 1. The average molecular weight is 447 g/mol. The van der Waals surface area contributed by atoms with E-state index >= 15 is 0 Å². The number of nitrogens with zero attached hydrogens (tertiary/aromatic N) is 3. The molecule has 8 nitrogen and oxygen atoms in total. The van der Waals surface area contributed by atoms with Gasteiger partial charge in [-0.25, -0.2) is 4.68 Å². The summed E-state index contributed by atoms with van der Waals surface area (Å²) in [7, 11) is 0. The Balaban J connectivity index is 1.36. The number of rotatable bonds is 4. The smallest absolute Gasteiger partial charge is 0.313 e. The summed E-state index contributed by atoms with van der Waals surface area (Å²) in [5.74, 6) is -1.30. The fourth-order valence-electron chi connectivity index (χ4n) is 4.69. The quantitative estimate of drug-likeness (QED) is 0.534. The van der Waals surface area contributed by atoms with Gasteiger partial charge in [0, 0.05) is 28.4 Å². The third-order valence-electron chi connectivity index (χ3n) is 5.68. The van der Waals surface area contributed by atoms with Gasteiger partial charge in [0.2, 0.25) is 0 Å². The second kappa shape index (κ2) is 8.78. The highest BCUT2D eigenvalue weighted by Crippen LogP contribution is 2.28. The molecule has 2 amide bonds. The van der Waals surface area contributed by atoms with Gasteiger partial charge in [-0.2, -0.15) is 0 Å². The zero-order valence-electron chi connectivity index (χ0n) is 19.4. The fraction of sp³-hybridized carbons (Fsp3) is 0.360. The predicted octanol–water partition coefficient (Wildman–Crippen LogP) is 3.30. The number of hydrogen-bond acceptors (Lipinski definition) is 5. The van der Waals surface area contributed by atoms with Crippen LogP contribution in [0.4, 0.5) is 5.69 Å². The van der Waals surface area contributed by atoms with E-state index in [0.29, 0.717) is 5.69 Å². The number of nitrogens with one attached hydrogen (secondary N) is 3. The van der Waals surface area contributed by atoms with Crippen LogP contribution in [0.25, 0.3) is 16.9 Å². The van der Waals surface area contributed by atoms with E-state index in [2.05, 4.69) is 54.0 Å². The van der Waals surface area contributed by atoms with Crippen LogP contribution in [0.15, 0.2) is 60.8 Å². The summed E-state index contributed by atoms with van der Waals surface area (Å²) in [5, 5.41) is 17.5. The molecule has 3 aromatic rings. The molecule has 1 aliphatic heterocycles. The molecule has 0 spiro atoms. The molecular weight excluding hydrogens is 416 g/mol. The van der Waals surface area contributed by atoms with Crippen LogP contribution in [0.1, 0.15) is 40.5 Å². The number of carbonyl (C=O) groups is 2. The van der Waals surface area contributed by atoms with Crippen molar-refractivity contribution in [3.63, 3.8) is 0 Å². The summed E-state index contributed by atoms with van der Waals surface area (Å²) in [4.78, 5) is 25.0. The molecule has 1 aliphatic rings. The highest BCUT2D eigenvalue weighted by molar-refractivity contribution is 6.39. The van der Waals surface area contributed by atoms with Crippen LogP contribution in [0, 0.1) is 0 Å². The van der Waals surface area contributed by atoms with Crippen LogP contribution < -0.4 is 16.0 Å². The first kappa shape index (κ1) is 22.7. The molecule has 172 valence electrons. The van der Waals surface area contributed by atoms with E-state index in [9.17, 15) is 9.59 Å². The van der Waals surface area contributed by atoms with E-state index in [-0.39, 0.29) is 17.1 Å². The number of aromatic nitrogens is 3. The molecule has 0 unspecified atom stereocenters. The van der Waals surface area contributed by atoms with Crippen molar-refractivity contribution in [2.75, 3.05) is 5.32 Å². The second-order valence-corrected chi connectivity index (χ2v) is 9.89. The minimum Gasteiger partial charge on any atom is -0.345 e. The maximum atomic E-state index is 12.5. The Morgan fingerprint density at radius 3 is 2.21 bits per heavy atom. The lowest BCUT2D eigenvalue weighted by atomic mass is 9.79. The zero-order valence-corrected chi connectivity index (χ0v) is 19.4. The van der Waals surface area contributed by atoms with Gasteiger partial charge in [-0.15, -0.1) is 5.10 Å². The first-order valence-corrected chi connectivity index (χ1v) is 11.1. The minimum absolute atomic E-state index is 0.0667. The van der Waals surface area contributed by atoms with E-state index < -0.39 is 11.8 Å². The van der Waals surface area contributed by atoms with Gasteiger partial charge in [-0.3, -0.25) is 9.59 Å². The summed E-state index contributed by atoms with van der Waals surface area (Å²) in [6, 6.07) is 16.8. The third-order valence-corrected chi connectivity index (χ3v) is 5.68. The summed E-state index contributed by atoms with van der Waals surface area (Å²) >= 11 is 0.